The van der Waals surface area contributed by atoms with Gasteiger partial charge in [-0.25, -0.2) is 4.98 Å². The smallest absolute Gasteiger partial charge is 0.270 e. The number of rotatable bonds is 6. The Morgan fingerprint density at radius 3 is 2.69 bits per heavy atom. The maximum atomic E-state index is 12.3. The maximum absolute atomic E-state index is 12.3. The third-order valence-corrected chi connectivity index (χ3v) is 3.79. The monoisotopic (exact) mass is 347 g/mol. The lowest BCUT2D eigenvalue weighted by molar-refractivity contribution is 0.0946. The summed E-state index contributed by atoms with van der Waals surface area (Å²) in [4.78, 5) is 22.8. The third kappa shape index (κ3) is 4.57. The van der Waals surface area contributed by atoms with E-state index < -0.39 is 0 Å². The predicted molar refractivity (Wildman–Crippen MR) is 104 cm³/mol. The van der Waals surface area contributed by atoms with Crippen molar-refractivity contribution in [1.29, 1.82) is 0 Å². The average Bonchev–Trinajstić information content (AvgIpc) is 2.67. The molecular formula is C20H21N5O. The minimum Gasteiger partial charge on any atom is -0.378 e. The van der Waals surface area contributed by atoms with Gasteiger partial charge in [-0.3, -0.25) is 9.78 Å². The zero-order chi connectivity index (χ0) is 18.4. The summed E-state index contributed by atoms with van der Waals surface area (Å²) in [6.07, 6.45) is 3.43. The lowest BCUT2D eigenvalue weighted by Crippen LogP contribution is -2.24. The van der Waals surface area contributed by atoms with Crippen LogP contribution in [-0.4, -0.2) is 30.0 Å². The van der Waals surface area contributed by atoms with Crippen molar-refractivity contribution in [3.05, 3.63) is 78.2 Å². The van der Waals surface area contributed by atoms with Gasteiger partial charge in [-0.05, 0) is 42.0 Å². The Morgan fingerprint density at radius 1 is 1.08 bits per heavy atom. The number of nitrogens with zero attached hydrogens (tertiary/aromatic N) is 3. The number of carbonyl (C=O) groups excluding carboxylic acids is 1. The molecule has 2 heterocycles. The van der Waals surface area contributed by atoms with Crippen molar-refractivity contribution in [3.63, 3.8) is 0 Å². The molecule has 3 aromatic rings. The predicted octanol–water partition coefficient (Wildman–Crippen LogP) is 3.22. The van der Waals surface area contributed by atoms with Gasteiger partial charge in [0.1, 0.15) is 11.5 Å². The number of benzene rings is 1. The number of hydrogen-bond donors (Lipinski definition) is 2. The van der Waals surface area contributed by atoms with Crippen LogP contribution < -0.4 is 15.5 Å². The highest BCUT2D eigenvalue weighted by Gasteiger charge is 2.08. The first-order chi connectivity index (χ1) is 12.6. The van der Waals surface area contributed by atoms with Crippen LogP contribution in [0.3, 0.4) is 0 Å². The summed E-state index contributed by atoms with van der Waals surface area (Å²) >= 11 is 0. The van der Waals surface area contributed by atoms with Crippen LogP contribution >= 0.6 is 0 Å². The lowest BCUT2D eigenvalue weighted by atomic mass is 10.2. The summed E-state index contributed by atoms with van der Waals surface area (Å²) in [5, 5.41) is 6.09. The molecule has 6 heteroatoms. The summed E-state index contributed by atoms with van der Waals surface area (Å²) in [5.74, 6) is 0.398. The van der Waals surface area contributed by atoms with E-state index in [0.29, 0.717) is 18.1 Å². The largest absolute Gasteiger partial charge is 0.378 e. The van der Waals surface area contributed by atoms with E-state index in [1.807, 2.05) is 67.5 Å². The van der Waals surface area contributed by atoms with E-state index >= 15 is 0 Å². The molecule has 0 saturated carbocycles. The fraction of sp³-hybridized carbons (Fsp3) is 0.150. The van der Waals surface area contributed by atoms with E-state index in [0.717, 1.165) is 16.9 Å². The second-order valence-electron chi connectivity index (χ2n) is 6.02. The van der Waals surface area contributed by atoms with Crippen LogP contribution in [-0.2, 0) is 6.54 Å². The van der Waals surface area contributed by atoms with Crippen molar-refractivity contribution in [3.8, 4) is 0 Å². The molecule has 6 nitrogen and oxygen atoms in total. The molecule has 2 N–H and O–H groups in total. The van der Waals surface area contributed by atoms with Gasteiger partial charge in [-0.2, -0.15) is 0 Å². The third-order valence-electron chi connectivity index (χ3n) is 3.79. The van der Waals surface area contributed by atoms with Gasteiger partial charge in [0.2, 0.25) is 0 Å². The number of hydrogen-bond acceptors (Lipinski definition) is 5. The van der Waals surface area contributed by atoms with Gasteiger partial charge >= 0.3 is 0 Å². The summed E-state index contributed by atoms with van der Waals surface area (Å²) < 4.78 is 0. The normalized spacial score (nSPS) is 10.2. The number of carbonyl (C=O) groups is 1. The zero-order valence-electron chi connectivity index (χ0n) is 14.8. The van der Waals surface area contributed by atoms with Crippen molar-refractivity contribution >= 4 is 23.1 Å². The molecule has 0 aliphatic carbocycles. The van der Waals surface area contributed by atoms with Crippen LogP contribution in [0.1, 0.15) is 16.1 Å². The Labute approximate surface area is 152 Å². The molecule has 0 spiro atoms. The standard InChI is InChI=1S/C20H21N5O/c1-25(2)17-8-3-7-16(12-17)23-19-10-4-9-18(24-19)20(26)22-14-15-6-5-11-21-13-15/h3-13H,14H2,1-2H3,(H,22,26)(H,23,24). The molecule has 0 aliphatic heterocycles. The molecule has 0 unspecified atom stereocenters. The minimum absolute atomic E-state index is 0.223. The van der Waals surface area contributed by atoms with E-state index in [2.05, 4.69) is 20.6 Å². The molecule has 1 aromatic carbocycles. The Balaban J connectivity index is 1.68. The van der Waals surface area contributed by atoms with Crippen molar-refractivity contribution in [2.45, 2.75) is 6.54 Å². The molecule has 0 saturated heterocycles. The SMILES string of the molecule is CN(C)c1cccc(Nc2cccc(C(=O)NCc3cccnc3)n2)c1. The zero-order valence-corrected chi connectivity index (χ0v) is 14.8. The minimum atomic E-state index is -0.223. The second kappa shape index (κ2) is 8.11. The fourth-order valence-electron chi connectivity index (χ4n) is 2.42. The van der Waals surface area contributed by atoms with Gasteiger partial charge < -0.3 is 15.5 Å². The van der Waals surface area contributed by atoms with Gasteiger partial charge in [0, 0.05) is 44.4 Å². The molecule has 0 radical (unpaired) electrons. The Hall–Kier alpha value is -3.41. The summed E-state index contributed by atoms with van der Waals surface area (Å²) in [6.45, 7) is 0.414. The highest BCUT2D eigenvalue weighted by molar-refractivity contribution is 5.92. The first-order valence-electron chi connectivity index (χ1n) is 8.30. The molecular weight excluding hydrogens is 326 g/mol. The molecule has 0 atom stereocenters. The van der Waals surface area contributed by atoms with Crippen LogP contribution in [0.15, 0.2) is 67.0 Å². The lowest BCUT2D eigenvalue weighted by Gasteiger charge is -2.14. The number of amides is 1. The molecule has 1 amide bonds. The summed E-state index contributed by atoms with van der Waals surface area (Å²) in [7, 11) is 3.98. The van der Waals surface area contributed by atoms with Crippen LogP contribution in [0.25, 0.3) is 0 Å². The highest BCUT2D eigenvalue weighted by Crippen LogP contribution is 2.20. The Morgan fingerprint density at radius 2 is 1.92 bits per heavy atom. The van der Waals surface area contributed by atoms with Gasteiger partial charge in [0.05, 0.1) is 0 Å². The van der Waals surface area contributed by atoms with E-state index in [1.165, 1.54) is 0 Å². The van der Waals surface area contributed by atoms with Gasteiger partial charge in [0.25, 0.3) is 5.91 Å². The van der Waals surface area contributed by atoms with Gasteiger partial charge in [0.15, 0.2) is 0 Å². The van der Waals surface area contributed by atoms with E-state index in [4.69, 9.17) is 0 Å². The molecule has 0 bridgehead atoms. The Kier molecular flexibility index (Phi) is 5.43. The molecule has 0 fully saturated rings. The number of aromatic nitrogens is 2. The van der Waals surface area contributed by atoms with E-state index in [1.54, 1.807) is 18.5 Å². The van der Waals surface area contributed by atoms with Crippen molar-refractivity contribution in [2.24, 2.45) is 0 Å². The van der Waals surface area contributed by atoms with E-state index in [-0.39, 0.29) is 5.91 Å². The van der Waals surface area contributed by atoms with Crippen LogP contribution in [0.5, 0.6) is 0 Å². The Bertz CT molecular complexity index is 880. The van der Waals surface area contributed by atoms with Crippen LogP contribution in [0, 0.1) is 0 Å². The second-order valence-corrected chi connectivity index (χ2v) is 6.02. The fourth-order valence-corrected chi connectivity index (χ4v) is 2.42. The molecule has 0 aliphatic rings. The summed E-state index contributed by atoms with van der Waals surface area (Å²) in [6, 6.07) is 17.1. The summed E-state index contributed by atoms with van der Waals surface area (Å²) in [5.41, 5.74) is 3.30. The molecule has 132 valence electrons. The number of nitrogens with one attached hydrogen (secondary N) is 2. The quantitative estimate of drug-likeness (QED) is 0.716. The topological polar surface area (TPSA) is 70.2 Å². The highest BCUT2D eigenvalue weighted by atomic mass is 16.1. The number of anilines is 3. The van der Waals surface area contributed by atoms with Crippen molar-refractivity contribution in [2.75, 3.05) is 24.3 Å². The molecule has 3 rings (SSSR count). The molecule has 2 aromatic heterocycles. The average molecular weight is 347 g/mol. The van der Waals surface area contributed by atoms with Crippen LogP contribution in [0.4, 0.5) is 17.2 Å². The maximum Gasteiger partial charge on any atom is 0.270 e. The molecule has 26 heavy (non-hydrogen) atoms. The first kappa shape index (κ1) is 17.4. The van der Waals surface area contributed by atoms with Crippen molar-refractivity contribution in [1.82, 2.24) is 15.3 Å². The van der Waals surface area contributed by atoms with Crippen LogP contribution in [0.2, 0.25) is 0 Å². The van der Waals surface area contributed by atoms with Crippen molar-refractivity contribution < 1.29 is 4.79 Å². The first-order valence-corrected chi connectivity index (χ1v) is 8.30. The van der Waals surface area contributed by atoms with Gasteiger partial charge in [-0.1, -0.05) is 18.2 Å². The number of pyridine rings is 2. The van der Waals surface area contributed by atoms with E-state index in [9.17, 15) is 4.79 Å². The van der Waals surface area contributed by atoms with Gasteiger partial charge in [-0.15, -0.1) is 0 Å².